The van der Waals surface area contributed by atoms with Crippen molar-refractivity contribution in [2.45, 2.75) is 16.7 Å². The van der Waals surface area contributed by atoms with E-state index < -0.39 is 29.6 Å². The van der Waals surface area contributed by atoms with Crippen molar-refractivity contribution < 1.29 is 29.7 Å². The Balaban J connectivity index is 0.000000344. The van der Waals surface area contributed by atoms with Gasteiger partial charge in [0.2, 0.25) is 0 Å². The second-order valence-electron chi connectivity index (χ2n) is 3.16. The van der Waals surface area contributed by atoms with Crippen molar-refractivity contribution in [2.24, 2.45) is 0 Å². The number of rotatable bonds is 4. The Morgan fingerprint density at radius 2 is 1.79 bits per heavy atom. The summed E-state index contributed by atoms with van der Waals surface area (Å²) in [4.78, 5) is 33.6. The molecule has 1 aromatic rings. The minimum atomic E-state index is -1.21. The van der Waals surface area contributed by atoms with E-state index >= 15 is 0 Å². The van der Waals surface area contributed by atoms with Crippen LogP contribution in [0.15, 0.2) is 23.4 Å². The molecule has 1 atom stereocenters. The number of aliphatic carboxylic acids is 2. The first-order chi connectivity index (χ1) is 8.73. The van der Waals surface area contributed by atoms with Crippen LogP contribution in [0, 0.1) is 0 Å². The van der Waals surface area contributed by atoms with Crippen LogP contribution in [0.5, 0.6) is 0 Å². The largest absolute Gasteiger partial charge is 0.481 e. The van der Waals surface area contributed by atoms with Crippen LogP contribution in [0.1, 0.15) is 16.8 Å². The molecule has 0 bridgehead atoms. The van der Waals surface area contributed by atoms with E-state index in [-0.39, 0.29) is 5.56 Å². The maximum atomic E-state index is 10.2. The van der Waals surface area contributed by atoms with Crippen LogP contribution < -0.4 is 0 Å². The average molecular weight is 305 g/mol. The van der Waals surface area contributed by atoms with Crippen LogP contribution in [0.4, 0.5) is 0 Å². The van der Waals surface area contributed by atoms with Crippen LogP contribution in [0.2, 0.25) is 0 Å². The normalized spacial score (nSPS) is 10.8. The number of carboxylic acids is 3. The zero-order valence-electron chi connectivity index (χ0n) is 9.42. The summed E-state index contributed by atoms with van der Waals surface area (Å²) in [5.74, 6) is -3.33. The number of thiol groups is 2. The van der Waals surface area contributed by atoms with E-state index in [0.29, 0.717) is 5.03 Å². The Kier molecular flexibility index (Phi) is 7.61. The predicted octanol–water partition coefficient (Wildman–Crippen LogP) is 0.913. The maximum absolute atomic E-state index is 10.2. The number of aromatic nitrogens is 1. The van der Waals surface area contributed by atoms with Crippen molar-refractivity contribution in [2.75, 3.05) is 0 Å². The molecule has 0 spiro atoms. The van der Waals surface area contributed by atoms with E-state index in [2.05, 4.69) is 30.2 Å². The standard InChI is InChI=1S/C6H5NO2S.C4H6O4S/c8-6(9)4-1-2-5(10)7-3-4;5-3(6)1-2(9)4(7)8/h1-3H,(H,7,10)(H,8,9);2,9H,1H2,(H,5,6)(H,7,8). The summed E-state index contributed by atoms with van der Waals surface area (Å²) in [5.41, 5.74) is 0.179. The van der Waals surface area contributed by atoms with E-state index in [9.17, 15) is 14.4 Å². The van der Waals surface area contributed by atoms with Gasteiger partial charge in [0.15, 0.2) is 0 Å². The number of hydrogen-bond acceptors (Lipinski definition) is 6. The van der Waals surface area contributed by atoms with Gasteiger partial charge in [0.25, 0.3) is 0 Å². The van der Waals surface area contributed by atoms with E-state index in [1.807, 2.05) is 0 Å². The molecule has 3 N–H and O–H groups in total. The van der Waals surface area contributed by atoms with Gasteiger partial charge in [-0.15, -0.1) is 12.6 Å². The minimum Gasteiger partial charge on any atom is -0.481 e. The Morgan fingerprint density at radius 1 is 1.21 bits per heavy atom. The second-order valence-corrected chi connectivity index (χ2v) is 4.24. The first kappa shape index (κ1) is 17.3. The molecule has 0 amide bonds. The smallest absolute Gasteiger partial charge is 0.337 e. The molecule has 0 aliphatic heterocycles. The van der Waals surface area contributed by atoms with Gasteiger partial charge in [0.05, 0.1) is 17.0 Å². The maximum Gasteiger partial charge on any atom is 0.337 e. The van der Waals surface area contributed by atoms with Gasteiger partial charge >= 0.3 is 17.9 Å². The molecule has 0 aromatic carbocycles. The molecule has 7 nitrogen and oxygen atoms in total. The van der Waals surface area contributed by atoms with Crippen molar-refractivity contribution in [1.82, 2.24) is 4.98 Å². The predicted molar refractivity (Wildman–Crippen MR) is 71.1 cm³/mol. The molecule has 1 aromatic heterocycles. The molecule has 1 rings (SSSR count). The molecule has 1 unspecified atom stereocenters. The van der Waals surface area contributed by atoms with Gasteiger partial charge in [0.1, 0.15) is 5.25 Å². The molecule has 0 saturated heterocycles. The first-order valence-electron chi connectivity index (χ1n) is 4.75. The SMILES string of the molecule is O=C(O)CC(S)C(=O)O.O=C(O)c1ccc(S)nc1. The third kappa shape index (κ3) is 8.06. The Bertz CT molecular complexity index is 462. The summed E-state index contributed by atoms with van der Waals surface area (Å²) in [6.07, 6.45) is 0.823. The van der Waals surface area contributed by atoms with Gasteiger partial charge in [-0.25, -0.2) is 9.78 Å². The summed E-state index contributed by atoms with van der Waals surface area (Å²) in [5, 5.41) is 23.9. The topological polar surface area (TPSA) is 125 Å². The molecule has 0 radical (unpaired) electrons. The van der Waals surface area contributed by atoms with Crippen LogP contribution in [0.3, 0.4) is 0 Å². The van der Waals surface area contributed by atoms with Gasteiger partial charge in [0, 0.05) is 6.20 Å². The van der Waals surface area contributed by atoms with Crippen molar-refractivity contribution in [3.05, 3.63) is 23.9 Å². The zero-order chi connectivity index (χ0) is 15.0. The number of carbonyl (C=O) groups is 3. The van der Waals surface area contributed by atoms with Gasteiger partial charge in [-0.1, -0.05) is 0 Å². The minimum absolute atomic E-state index is 0.179. The van der Waals surface area contributed by atoms with Crippen molar-refractivity contribution in [1.29, 1.82) is 0 Å². The Morgan fingerprint density at radius 3 is 2.05 bits per heavy atom. The van der Waals surface area contributed by atoms with E-state index in [4.69, 9.17) is 15.3 Å². The highest BCUT2D eigenvalue weighted by molar-refractivity contribution is 7.81. The summed E-state index contributed by atoms with van der Waals surface area (Å²) in [6.45, 7) is 0. The van der Waals surface area contributed by atoms with Crippen LogP contribution in [0.25, 0.3) is 0 Å². The number of aromatic carboxylic acids is 1. The molecule has 19 heavy (non-hydrogen) atoms. The molecule has 104 valence electrons. The third-order valence-corrected chi connectivity index (χ3v) is 2.32. The molecule has 0 saturated carbocycles. The monoisotopic (exact) mass is 305 g/mol. The number of hydrogen-bond donors (Lipinski definition) is 5. The van der Waals surface area contributed by atoms with Crippen molar-refractivity contribution >= 4 is 43.2 Å². The van der Waals surface area contributed by atoms with Crippen LogP contribution in [-0.2, 0) is 9.59 Å². The van der Waals surface area contributed by atoms with Crippen molar-refractivity contribution in [3.63, 3.8) is 0 Å². The average Bonchev–Trinajstić information content (AvgIpc) is 2.29. The molecular formula is C10H11NO6S2. The lowest BCUT2D eigenvalue weighted by Crippen LogP contribution is -2.17. The van der Waals surface area contributed by atoms with Gasteiger partial charge in [-0.2, -0.15) is 12.6 Å². The molecule has 0 fully saturated rings. The second kappa shape index (κ2) is 8.38. The highest BCUT2D eigenvalue weighted by Crippen LogP contribution is 2.02. The van der Waals surface area contributed by atoms with Crippen LogP contribution >= 0.6 is 25.3 Å². The molecule has 9 heteroatoms. The molecule has 0 aliphatic carbocycles. The fraction of sp³-hybridized carbons (Fsp3) is 0.200. The van der Waals surface area contributed by atoms with Gasteiger partial charge < -0.3 is 15.3 Å². The lowest BCUT2D eigenvalue weighted by Gasteiger charge is -1.97. The lowest BCUT2D eigenvalue weighted by molar-refractivity contribution is -0.142. The summed E-state index contributed by atoms with van der Waals surface area (Å²) < 4.78 is 0. The molecule has 0 aliphatic rings. The van der Waals surface area contributed by atoms with E-state index in [0.717, 1.165) is 0 Å². The number of nitrogens with zero attached hydrogens (tertiary/aromatic N) is 1. The molecular weight excluding hydrogens is 294 g/mol. The molecule has 1 heterocycles. The quantitative estimate of drug-likeness (QED) is 0.524. The zero-order valence-corrected chi connectivity index (χ0v) is 11.2. The van der Waals surface area contributed by atoms with Gasteiger partial charge in [-0.05, 0) is 12.1 Å². The third-order valence-electron chi connectivity index (χ3n) is 1.65. The van der Waals surface area contributed by atoms with Crippen molar-refractivity contribution in [3.8, 4) is 0 Å². The summed E-state index contributed by atoms with van der Waals surface area (Å²) in [6, 6.07) is 2.99. The highest BCUT2D eigenvalue weighted by atomic mass is 32.1. The first-order valence-corrected chi connectivity index (χ1v) is 5.71. The number of pyridine rings is 1. The van der Waals surface area contributed by atoms with Crippen LogP contribution in [-0.4, -0.2) is 43.5 Å². The van der Waals surface area contributed by atoms with Gasteiger partial charge in [-0.3, -0.25) is 9.59 Å². The summed E-state index contributed by atoms with van der Waals surface area (Å²) in [7, 11) is 0. The van der Waals surface area contributed by atoms with E-state index in [1.165, 1.54) is 18.3 Å². The number of carboxylic acid groups (broad SMARTS) is 3. The fourth-order valence-corrected chi connectivity index (χ4v) is 1.05. The fourth-order valence-electron chi connectivity index (χ4n) is 0.765. The van der Waals surface area contributed by atoms with E-state index in [1.54, 1.807) is 0 Å². The Hall–Kier alpha value is -1.74. The Labute approximate surface area is 119 Å². The highest BCUT2D eigenvalue weighted by Gasteiger charge is 2.15. The lowest BCUT2D eigenvalue weighted by atomic mass is 10.3. The summed E-state index contributed by atoms with van der Waals surface area (Å²) >= 11 is 7.38.